The van der Waals surface area contributed by atoms with E-state index in [0.717, 1.165) is 7.11 Å². The summed E-state index contributed by atoms with van der Waals surface area (Å²) in [7, 11) is 0.953. The molecule has 1 heterocycles. The van der Waals surface area contributed by atoms with Gasteiger partial charge in [0, 0.05) is 0 Å². The van der Waals surface area contributed by atoms with E-state index in [9.17, 15) is 18.0 Å². The SMILES string of the molecule is COC(=O)c1c(N)n[nH]c1C(F)(F)F. The number of nitrogen functional groups attached to an aromatic ring is 1. The molecule has 14 heavy (non-hydrogen) atoms. The summed E-state index contributed by atoms with van der Waals surface area (Å²) in [5, 5.41) is 4.71. The second kappa shape index (κ2) is 3.20. The number of methoxy groups -OCH3 is 1. The lowest BCUT2D eigenvalue weighted by Gasteiger charge is -2.05. The van der Waals surface area contributed by atoms with Crippen LogP contribution in [-0.4, -0.2) is 23.3 Å². The van der Waals surface area contributed by atoms with Crippen molar-refractivity contribution < 1.29 is 22.7 Å². The standard InChI is InChI=1S/C6H6F3N3O2/c1-14-5(13)2-3(6(7,8)9)11-12-4(2)10/h1H3,(H3,10,11,12). The van der Waals surface area contributed by atoms with Crippen LogP contribution in [0.25, 0.3) is 0 Å². The van der Waals surface area contributed by atoms with Crippen molar-refractivity contribution in [3.05, 3.63) is 11.3 Å². The van der Waals surface area contributed by atoms with Crippen molar-refractivity contribution in [1.29, 1.82) is 0 Å². The number of nitrogens with two attached hydrogens (primary N) is 1. The fraction of sp³-hybridized carbons (Fsp3) is 0.333. The number of carbonyl (C=O) groups excluding carboxylic acids is 1. The van der Waals surface area contributed by atoms with Crippen molar-refractivity contribution in [2.45, 2.75) is 6.18 Å². The number of aromatic amines is 1. The lowest BCUT2D eigenvalue weighted by molar-refractivity contribution is -0.141. The van der Waals surface area contributed by atoms with E-state index in [-0.39, 0.29) is 0 Å². The molecule has 0 aliphatic rings. The molecule has 0 atom stereocenters. The number of hydrogen-bond acceptors (Lipinski definition) is 4. The molecule has 0 saturated heterocycles. The lowest BCUT2D eigenvalue weighted by atomic mass is 10.2. The molecule has 0 fully saturated rings. The Hall–Kier alpha value is -1.73. The number of H-pyrrole nitrogens is 1. The maximum absolute atomic E-state index is 12.2. The number of halogens is 3. The largest absolute Gasteiger partial charge is 0.465 e. The van der Waals surface area contributed by atoms with Crippen LogP contribution in [0, 0.1) is 0 Å². The highest BCUT2D eigenvalue weighted by Gasteiger charge is 2.39. The minimum atomic E-state index is -4.71. The second-order valence-corrected chi connectivity index (χ2v) is 2.35. The highest BCUT2D eigenvalue weighted by molar-refractivity contribution is 5.95. The molecular weight excluding hydrogens is 203 g/mol. The Morgan fingerprint density at radius 3 is 2.57 bits per heavy atom. The predicted octanol–water partition coefficient (Wildman–Crippen LogP) is 0.797. The first-order valence-electron chi connectivity index (χ1n) is 3.37. The fourth-order valence-electron chi connectivity index (χ4n) is 0.870. The minimum absolute atomic E-state index is 0.538. The van der Waals surface area contributed by atoms with Gasteiger partial charge in [0.2, 0.25) is 0 Å². The van der Waals surface area contributed by atoms with Gasteiger partial charge in [-0.3, -0.25) is 5.10 Å². The van der Waals surface area contributed by atoms with Crippen molar-refractivity contribution in [3.8, 4) is 0 Å². The molecule has 0 saturated carbocycles. The Bertz CT molecular complexity index is 358. The van der Waals surface area contributed by atoms with Gasteiger partial charge in [0.15, 0.2) is 11.5 Å². The monoisotopic (exact) mass is 209 g/mol. The molecular formula is C6H6F3N3O2. The Labute approximate surface area is 76.0 Å². The number of anilines is 1. The van der Waals surface area contributed by atoms with Crippen LogP contribution in [0.3, 0.4) is 0 Å². The van der Waals surface area contributed by atoms with Crippen LogP contribution in [0.4, 0.5) is 19.0 Å². The maximum atomic E-state index is 12.2. The fourth-order valence-corrected chi connectivity index (χ4v) is 0.870. The quantitative estimate of drug-likeness (QED) is 0.670. The zero-order valence-electron chi connectivity index (χ0n) is 6.97. The molecule has 0 bridgehead atoms. The van der Waals surface area contributed by atoms with Crippen LogP contribution >= 0.6 is 0 Å². The van der Waals surface area contributed by atoms with Gasteiger partial charge in [-0.25, -0.2) is 4.79 Å². The van der Waals surface area contributed by atoms with Gasteiger partial charge in [-0.1, -0.05) is 0 Å². The summed E-state index contributed by atoms with van der Waals surface area (Å²) in [6, 6.07) is 0. The van der Waals surface area contributed by atoms with Crippen molar-refractivity contribution in [3.63, 3.8) is 0 Å². The van der Waals surface area contributed by atoms with E-state index in [1.165, 1.54) is 0 Å². The summed E-state index contributed by atoms with van der Waals surface area (Å²) < 4.78 is 40.8. The summed E-state index contributed by atoms with van der Waals surface area (Å²) in [6.45, 7) is 0. The number of esters is 1. The zero-order valence-corrected chi connectivity index (χ0v) is 6.97. The highest BCUT2D eigenvalue weighted by Crippen LogP contribution is 2.32. The van der Waals surface area contributed by atoms with Gasteiger partial charge in [-0.05, 0) is 0 Å². The molecule has 0 aliphatic heterocycles. The number of ether oxygens (including phenoxy) is 1. The molecule has 0 aliphatic carbocycles. The third kappa shape index (κ3) is 1.63. The molecule has 1 rings (SSSR count). The maximum Gasteiger partial charge on any atom is 0.433 e. The average Bonchev–Trinajstić information content (AvgIpc) is 2.45. The normalized spacial score (nSPS) is 11.4. The van der Waals surface area contributed by atoms with E-state index < -0.39 is 29.2 Å². The molecule has 0 spiro atoms. The molecule has 5 nitrogen and oxygen atoms in total. The van der Waals surface area contributed by atoms with Crippen LogP contribution in [0.2, 0.25) is 0 Å². The van der Waals surface area contributed by atoms with E-state index in [1.54, 1.807) is 5.10 Å². The third-order valence-electron chi connectivity index (χ3n) is 1.47. The summed E-state index contributed by atoms with van der Waals surface area (Å²) in [5.41, 5.74) is 2.98. The van der Waals surface area contributed by atoms with Gasteiger partial charge in [0.25, 0.3) is 0 Å². The molecule has 78 valence electrons. The van der Waals surface area contributed by atoms with Gasteiger partial charge < -0.3 is 10.5 Å². The average molecular weight is 209 g/mol. The summed E-state index contributed by atoms with van der Waals surface area (Å²) in [4.78, 5) is 10.9. The van der Waals surface area contributed by atoms with E-state index >= 15 is 0 Å². The number of carbonyl (C=O) groups is 1. The first kappa shape index (κ1) is 10.4. The van der Waals surface area contributed by atoms with Crippen LogP contribution in [0.1, 0.15) is 16.1 Å². The minimum Gasteiger partial charge on any atom is -0.465 e. The van der Waals surface area contributed by atoms with Gasteiger partial charge in [-0.2, -0.15) is 18.3 Å². The van der Waals surface area contributed by atoms with Crippen LogP contribution in [0.5, 0.6) is 0 Å². The van der Waals surface area contributed by atoms with Crippen molar-refractivity contribution in [2.24, 2.45) is 0 Å². The van der Waals surface area contributed by atoms with Crippen LogP contribution in [0.15, 0.2) is 0 Å². The third-order valence-corrected chi connectivity index (χ3v) is 1.47. The molecule has 1 aromatic heterocycles. The number of aromatic nitrogens is 2. The molecule has 0 radical (unpaired) electrons. The summed E-state index contributed by atoms with van der Waals surface area (Å²) >= 11 is 0. The van der Waals surface area contributed by atoms with Crippen molar-refractivity contribution >= 4 is 11.8 Å². The lowest BCUT2D eigenvalue weighted by Crippen LogP contribution is -2.14. The number of rotatable bonds is 1. The molecule has 0 aromatic carbocycles. The van der Waals surface area contributed by atoms with Gasteiger partial charge in [-0.15, -0.1) is 0 Å². The van der Waals surface area contributed by atoms with Crippen LogP contribution < -0.4 is 5.73 Å². The van der Waals surface area contributed by atoms with E-state index in [1.807, 2.05) is 0 Å². The molecule has 1 aromatic rings. The Balaban J connectivity index is 3.26. The first-order valence-corrected chi connectivity index (χ1v) is 3.37. The highest BCUT2D eigenvalue weighted by atomic mass is 19.4. The molecule has 3 N–H and O–H groups in total. The number of alkyl halides is 3. The number of nitrogens with one attached hydrogen (secondary N) is 1. The van der Waals surface area contributed by atoms with Crippen LogP contribution in [-0.2, 0) is 10.9 Å². The predicted molar refractivity (Wildman–Crippen MR) is 39.3 cm³/mol. The Kier molecular flexibility index (Phi) is 2.37. The smallest absolute Gasteiger partial charge is 0.433 e. The van der Waals surface area contributed by atoms with E-state index in [2.05, 4.69) is 9.84 Å². The van der Waals surface area contributed by atoms with E-state index in [4.69, 9.17) is 5.73 Å². The van der Waals surface area contributed by atoms with Gasteiger partial charge >= 0.3 is 12.1 Å². The summed E-state index contributed by atoms with van der Waals surface area (Å²) in [5.74, 6) is -1.72. The van der Waals surface area contributed by atoms with Gasteiger partial charge in [0.1, 0.15) is 5.56 Å². The number of nitrogens with zero attached hydrogens (tertiary/aromatic N) is 1. The van der Waals surface area contributed by atoms with Crippen molar-refractivity contribution in [1.82, 2.24) is 10.2 Å². The topological polar surface area (TPSA) is 81.0 Å². The Morgan fingerprint density at radius 2 is 2.14 bits per heavy atom. The molecule has 0 amide bonds. The van der Waals surface area contributed by atoms with Gasteiger partial charge in [0.05, 0.1) is 7.11 Å². The zero-order chi connectivity index (χ0) is 10.9. The second-order valence-electron chi connectivity index (χ2n) is 2.35. The summed E-state index contributed by atoms with van der Waals surface area (Å²) in [6.07, 6.45) is -4.71. The first-order chi connectivity index (χ1) is 6.38. The molecule has 0 unspecified atom stereocenters. The van der Waals surface area contributed by atoms with Crippen molar-refractivity contribution in [2.75, 3.05) is 12.8 Å². The number of hydrogen-bond donors (Lipinski definition) is 2. The van der Waals surface area contributed by atoms with E-state index in [0.29, 0.717) is 0 Å². The molecule has 8 heteroatoms. The Morgan fingerprint density at radius 1 is 1.57 bits per heavy atom.